The molecule has 8 heteroatoms. The van der Waals surface area contributed by atoms with E-state index in [0.29, 0.717) is 28.5 Å². The molecule has 2 rings (SSSR count). The third-order valence-electron chi connectivity index (χ3n) is 3.65. The van der Waals surface area contributed by atoms with Gasteiger partial charge in [0.1, 0.15) is 11.8 Å². The van der Waals surface area contributed by atoms with Crippen LogP contribution in [0.25, 0.3) is 0 Å². The molecule has 0 bridgehead atoms. The van der Waals surface area contributed by atoms with Gasteiger partial charge in [0.05, 0.1) is 7.11 Å². The van der Waals surface area contributed by atoms with E-state index in [1.165, 1.54) is 13.2 Å². The second-order valence-electron chi connectivity index (χ2n) is 6.30. The number of rotatable bonds is 9. The molecule has 0 heterocycles. The topological polar surface area (TPSA) is 110 Å². The van der Waals surface area contributed by atoms with Gasteiger partial charge in [-0.15, -0.1) is 0 Å². The van der Waals surface area contributed by atoms with Crippen molar-refractivity contribution in [2.24, 2.45) is 0 Å². The van der Waals surface area contributed by atoms with Crippen molar-refractivity contribution < 1.29 is 23.8 Å². The minimum atomic E-state index is -0.335. The van der Waals surface area contributed by atoms with E-state index in [0.717, 1.165) is 0 Å². The number of hydrogen-bond donors (Lipinski definition) is 2. The van der Waals surface area contributed by atoms with Crippen LogP contribution in [0, 0.1) is 11.3 Å². The number of hydrogen-bond acceptors (Lipinski definition) is 6. The molecule has 0 fully saturated rings. The molecule has 8 nitrogen and oxygen atoms in total. The van der Waals surface area contributed by atoms with Crippen LogP contribution < -0.4 is 24.8 Å². The van der Waals surface area contributed by atoms with Gasteiger partial charge in [0, 0.05) is 17.3 Å². The minimum Gasteiger partial charge on any atom is -0.493 e. The van der Waals surface area contributed by atoms with Crippen molar-refractivity contribution in [3.63, 3.8) is 0 Å². The van der Waals surface area contributed by atoms with E-state index in [1.54, 1.807) is 36.4 Å². The van der Waals surface area contributed by atoms with E-state index in [9.17, 15) is 9.59 Å². The van der Waals surface area contributed by atoms with Gasteiger partial charge >= 0.3 is 0 Å². The summed E-state index contributed by atoms with van der Waals surface area (Å²) in [6.07, 6.45) is 0. The molecular weight excluding hydrogens is 374 g/mol. The van der Waals surface area contributed by atoms with Crippen molar-refractivity contribution in [2.45, 2.75) is 19.9 Å². The third-order valence-corrected chi connectivity index (χ3v) is 3.65. The van der Waals surface area contributed by atoms with Crippen molar-refractivity contribution in [1.82, 2.24) is 5.32 Å². The molecule has 29 heavy (non-hydrogen) atoms. The summed E-state index contributed by atoms with van der Waals surface area (Å²) in [5.74, 6) is 0.663. The van der Waals surface area contributed by atoms with E-state index < -0.39 is 0 Å². The highest BCUT2D eigenvalue weighted by Crippen LogP contribution is 2.28. The summed E-state index contributed by atoms with van der Waals surface area (Å²) in [6.45, 7) is 3.52. The predicted molar refractivity (Wildman–Crippen MR) is 107 cm³/mol. The number of benzene rings is 2. The van der Waals surface area contributed by atoms with Crippen LogP contribution >= 0.6 is 0 Å². The summed E-state index contributed by atoms with van der Waals surface area (Å²) in [4.78, 5) is 24.2. The van der Waals surface area contributed by atoms with Crippen molar-refractivity contribution in [1.29, 1.82) is 5.26 Å². The Kier molecular flexibility index (Phi) is 7.86. The maximum Gasteiger partial charge on any atom is 0.258 e. The average molecular weight is 397 g/mol. The lowest BCUT2D eigenvalue weighted by atomic mass is 10.2. The predicted octanol–water partition coefficient (Wildman–Crippen LogP) is 2.75. The Bertz CT molecular complexity index is 888. The zero-order chi connectivity index (χ0) is 21.2. The molecular formula is C21H23N3O5. The second-order valence-corrected chi connectivity index (χ2v) is 6.30. The minimum absolute atomic E-state index is 0.0195. The molecule has 0 aliphatic heterocycles. The van der Waals surface area contributed by atoms with Gasteiger partial charge in [-0.3, -0.25) is 9.59 Å². The van der Waals surface area contributed by atoms with Gasteiger partial charge in [0.2, 0.25) is 0 Å². The van der Waals surface area contributed by atoms with Crippen LogP contribution in [0.2, 0.25) is 0 Å². The molecule has 0 saturated carbocycles. The van der Waals surface area contributed by atoms with E-state index in [1.807, 2.05) is 19.9 Å². The molecule has 2 aromatic carbocycles. The maximum atomic E-state index is 12.5. The molecule has 0 aliphatic carbocycles. The number of nitriles is 1. The molecule has 0 unspecified atom stereocenters. The van der Waals surface area contributed by atoms with E-state index in [4.69, 9.17) is 19.5 Å². The normalized spacial score (nSPS) is 10.0. The third kappa shape index (κ3) is 6.74. The summed E-state index contributed by atoms with van der Waals surface area (Å²) in [6, 6.07) is 13.3. The summed E-state index contributed by atoms with van der Waals surface area (Å²) >= 11 is 0. The maximum absolute atomic E-state index is 12.5. The first kappa shape index (κ1) is 21.6. The van der Waals surface area contributed by atoms with Crippen LogP contribution in [0.15, 0.2) is 42.5 Å². The summed E-state index contributed by atoms with van der Waals surface area (Å²) in [5, 5.41) is 14.0. The largest absolute Gasteiger partial charge is 0.493 e. The Balaban J connectivity index is 2.01. The second kappa shape index (κ2) is 10.6. The highest BCUT2D eigenvalue weighted by molar-refractivity contribution is 6.04. The first-order chi connectivity index (χ1) is 13.9. The molecule has 2 aromatic rings. The first-order valence-electron chi connectivity index (χ1n) is 8.94. The number of ether oxygens (including phenoxy) is 3. The number of methoxy groups -OCH3 is 1. The van der Waals surface area contributed by atoms with E-state index in [-0.39, 0.29) is 31.1 Å². The number of amides is 2. The number of nitrogens with one attached hydrogen (secondary N) is 2. The summed E-state index contributed by atoms with van der Waals surface area (Å²) < 4.78 is 15.9. The van der Waals surface area contributed by atoms with Gasteiger partial charge < -0.3 is 24.8 Å². The van der Waals surface area contributed by atoms with Gasteiger partial charge in [-0.25, -0.2) is 0 Å². The van der Waals surface area contributed by atoms with Crippen molar-refractivity contribution in [2.75, 3.05) is 25.6 Å². The van der Waals surface area contributed by atoms with Gasteiger partial charge in [0.25, 0.3) is 11.8 Å². The summed E-state index contributed by atoms with van der Waals surface area (Å²) in [7, 11) is 1.46. The smallest absolute Gasteiger partial charge is 0.258 e. The van der Waals surface area contributed by atoms with Crippen LogP contribution in [0.5, 0.6) is 17.2 Å². The standard InChI is InChI=1S/C21H23N3O5/c1-14(2)23-20(25)13-29-18-9-4-15(12-19(18)27-3)21(26)24-16-5-7-17(8-6-16)28-11-10-22/h4-9,12,14H,11,13H2,1-3H3,(H,23,25)(H,24,26). The lowest BCUT2D eigenvalue weighted by Gasteiger charge is -2.13. The van der Waals surface area contributed by atoms with Crippen molar-refractivity contribution >= 4 is 17.5 Å². The highest BCUT2D eigenvalue weighted by Gasteiger charge is 2.13. The van der Waals surface area contributed by atoms with E-state index in [2.05, 4.69) is 10.6 Å². The molecule has 0 aliphatic rings. The number of carbonyl (C=O) groups is 2. The molecule has 0 aromatic heterocycles. The molecule has 0 spiro atoms. The van der Waals surface area contributed by atoms with Crippen LogP contribution in [0.4, 0.5) is 5.69 Å². The number of nitrogens with zero attached hydrogens (tertiary/aromatic N) is 1. The number of anilines is 1. The SMILES string of the molecule is COc1cc(C(=O)Nc2ccc(OCC#N)cc2)ccc1OCC(=O)NC(C)C. The molecule has 2 N–H and O–H groups in total. The highest BCUT2D eigenvalue weighted by atomic mass is 16.5. The quantitative estimate of drug-likeness (QED) is 0.673. The zero-order valence-corrected chi connectivity index (χ0v) is 16.5. The fourth-order valence-corrected chi connectivity index (χ4v) is 2.39. The van der Waals surface area contributed by atoms with Crippen molar-refractivity contribution in [3.8, 4) is 23.3 Å². The van der Waals surface area contributed by atoms with Gasteiger partial charge in [-0.1, -0.05) is 0 Å². The summed E-state index contributed by atoms with van der Waals surface area (Å²) in [5.41, 5.74) is 0.939. The van der Waals surface area contributed by atoms with Crippen LogP contribution in [0.3, 0.4) is 0 Å². The first-order valence-corrected chi connectivity index (χ1v) is 8.94. The molecule has 2 amide bonds. The molecule has 0 saturated heterocycles. The van der Waals surface area contributed by atoms with Gasteiger partial charge in [0.15, 0.2) is 24.7 Å². The van der Waals surface area contributed by atoms with Crippen LogP contribution in [-0.2, 0) is 4.79 Å². The van der Waals surface area contributed by atoms with Crippen LogP contribution in [0.1, 0.15) is 24.2 Å². The fourth-order valence-electron chi connectivity index (χ4n) is 2.39. The molecule has 0 radical (unpaired) electrons. The molecule has 152 valence electrons. The lowest BCUT2D eigenvalue weighted by Crippen LogP contribution is -2.34. The van der Waals surface area contributed by atoms with Crippen molar-refractivity contribution in [3.05, 3.63) is 48.0 Å². The Morgan fingerprint density at radius 2 is 1.79 bits per heavy atom. The Morgan fingerprint density at radius 3 is 2.41 bits per heavy atom. The Morgan fingerprint density at radius 1 is 1.07 bits per heavy atom. The van der Waals surface area contributed by atoms with E-state index >= 15 is 0 Å². The van der Waals surface area contributed by atoms with Gasteiger partial charge in [-0.05, 0) is 56.3 Å². The average Bonchev–Trinajstić information content (AvgIpc) is 2.71. The Hall–Kier alpha value is -3.73. The van der Waals surface area contributed by atoms with Gasteiger partial charge in [-0.2, -0.15) is 5.26 Å². The monoisotopic (exact) mass is 397 g/mol. The zero-order valence-electron chi connectivity index (χ0n) is 16.5. The fraction of sp³-hybridized carbons (Fsp3) is 0.286. The van der Waals surface area contributed by atoms with Crippen LogP contribution in [-0.4, -0.2) is 38.2 Å². The molecule has 0 atom stereocenters. The lowest BCUT2D eigenvalue weighted by molar-refractivity contribution is -0.123. The number of carbonyl (C=O) groups excluding carboxylic acids is 2. The Labute approximate surface area is 169 Å².